The van der Waals surface area contributed by atoms with Crippen molar-refractivity contribution in [1.29, 1.82) is 0 Å². The second kappa shape index (κ2) is 10.9. The molecule has 0 saturated carbocycles. The van der Waals surface area contributed by atoms with Gasteiger partial charge in [-0.2, -0.15) is 5.10 Å². The maximum atomic E-state index is 12.5. The van der Waals surface area contributed by atoms with E-state index >= 15 is 0 Å². The molecular formula is C30H25N3O5. The molecule has 190 valence electrons. The van der Waals surface area contributed by atoms with E-state index in [1.54, 1.807) is 56.3 Å². The Morgan fingerprint density at radius 2 is 1.68 bits per heavy atom. The van der Waals surface area contributed by atoms with Crippen LogP contribution < -0.4 is 15.5 Å². The minimum absolute atomic E-state index is 0.131. The molecule has 8 heteroatoms. The SMILES string of the molecule is CC(=NNC(=O)c1ccc(COc2ccc3ccccc3c2)o1)c1ccc(NC(=O)c2ccoc2C)cc1. The number of hydrazone groups is 1. The number of aryl methyl sites for hydroxylation is 1. The molecule has 0 fully saturated rings. The molecule has 0 aliphatic carbocycles. The molecule has 0 aliphatic rings. The standard InChI is InChI=1S/C30H25N3O5/c1-19(21-7-10-24(11-8-21)31-29(34)27-15-16-36-20(27)2)32-33-30(35)28-14-13-26(38-28)18-37-25-12-9-22-5-3-4-6-23(22)17-25/h3-17H,18H2,1-2H3,(H,31,34)(H,33,35). The van der Waals surface area contributed by atoms with Crippen molar-refractivity contribution in [2.75, 3.05) is 5.32 Å². The first-order valence-electron chi connectivity index (χ1n) is 12.0. The lowest BCUT2D eigenvalue weighted by Gasteiger charge is -2.06. The average Bonchev–Trinajstić information content (AvgIpc) is 3.60. The van der Waals surface area contributed by atoms with Crippen molar-refractivity contribution >= 4 is 34.0 Å². The Bertz CT molecular complexity index is 1630. The highest BCUT2D eigenvalue weighted by Gasteiger charge is 2.13. The van der Waals surface area contributed by atoms with Crippen LogP contribution in [0.4, 0.5) is 5.69 Å². The van der Waals surface area contributed by atoms with Gasteiger partial charge in [0.15, 0.2) is 5.76 Å². The molecule has 0 radical (unpaired) electrons. The van der Waals surface area contributed by atoms with Gasteiger partial charge in [-0.1, -0.05) is 42.5 Å². The number of nitrogens with zero attached hydrogens (tertiary/aromatic N) is 1. The van der Waals surface area contributed by atoms with E-state index in [1.807, 2.05) is 42.5 Å². The number of furan rings is 2. The van der Waals surface area contributed by atoms with Crippen molar-refractivity contribution in [3.63, 3.8) is 0 Å². The molecular weight excluding hydrogens is 482 g/mol. The smallest absolute Gasteiger partial charge is 0.307 e. The molecule has 2 amide bonds. The van der Waals surface area contributed by atoms with Crippen LogP contribution in [0.25, 0.3) is 10.8 Å². The van der Waals surface area contributed by atoms with Crippen molar-refractivity contribution in [3.05, 3.63) is 120 Å². The normalized spacial score (nSPS) is 11.4. The highest BCUT2D eigenvalue weighted by atomic mass is 16.5. The predicted molar refractivity (Wildman–Crippen MR) is 145 cm³/mol. The van der Waals surface area contributed by atoms with Crippen molar-refractivity contribution in [2.45, 2.75) is 20.5 Å². The Morgan fingerprint density at radius 3 is 2.45 bits per heavy atom. The van der Waals surface area contributed by atoms with Gasteiger partial charge in [0.1, 0.15) is 23.9 Å². The number of amides is 2. The van der Waals surface area contributed by atoms with Crippen LogP contribution >= 0.6 is 0 Å². The average molecular weight is 508 g/mol. The van der Waals surface area contributed by atoms with E-state index in [0.717, 1.165) is 16.3 Å². The summed E-state index contributed by atoms with van der Waals surface area (Å²) in [6.45, 7) is 3.69. The van der Waals surface area contributed by atoms with E-state index in [1.165, 1.54) is 6.26 Å². The summed E-state index contributed by atoms with van der Waals surface area (Å²) in [6.07, 6.45) is 1.48. The molecule has 0 atom stereocenters. The van der Waals surface area contributed by atoms with E-state index in [9.17, 15) is 9.59 Å². The van der Waals surface area contributed by atoms with Crippen molar-refractivity contribution in [3.8, 4) is 5.75 Å². The van der Waals surface area contributed by atoms with Crippen molar-refractivity contribution in [2.24, 2.45) is 5.10 Å². The number of hydrogen-bond acceptors (Lipinski definition) is 6. The van der Waals surface area contributed by atoms with Gasteiger partial charge in [0.2, 0.25) is 0 Å². The molecule has 0 unspecified atom stereocenters. The first kappa shape index (κ1) is 24.6. The highest BCUT2D eigenvalue weighted by molar-refractivity contribution is 6.05. The van der Waals surface area contributed by atoms with Crippen LogP contribution in [-0.2, 0) is 6.61 Å². The minimum Gasteiger partial charge on any atom is -0.486 e. The van der Waals surface area contributed by atoms with Gasteiger partial charge in [0.25, 0.3) is 5.91 Å². The number of benzene rings is 3. The van der Waals surface area contributed by atoms with Crippen LogP contribution in [0.15, 0.2) is 105 Å². The monoisotopic (exact) mass is 507 g/mol. The largest absolute Gasteiger partial charge is 0.486 e. The Balaban J connectivity index is 1.15. The molecule has 8 nitrogen and oxygen atoms in total. The van der Waals surface area contributed by atoms with Gasteiger partial charge in [0.05, 0.1) is 17.5 Å². The van der Waals surface area contributed by atoms with E-state index in [0.29, 0.717) is 34.2 Å². The van der Waals surface area contributed by atoms with Crippen LogP contribution in [0.1, 0.15) is 44.9 Å². The zero-order valence-corrected chi connectivity index (χ0v) is 20.9. The van der Waals surface area contributed by atoms with Crippen molar-refractivity contribution in [1.82, 2.24) is 5.43 Å². The van der Waals surface area contributed by atoms with Crippen LogP contribution in [0.3, 0.4) is 0 Å². The third-order valence-corrected chi connectivity index (χ3v) is 5.98. The number of carbonyl (C=O) groups excluding carboxylic acids is 2. The summed E-state index contributed by atoms with van der Waals surface area (Å²) < 4.78 is 16.6. The minimum atomic E-state index is -0.472. The second-order valence-electron chi connectivity index (χ2n) is 8.62. The Hall–Kier alpha value is -5.11. The van der Waals surface area contributed by atoms with E-state index in [4.69, 9.17) is 13.6 Å². The summed E-state index contributed by atoms with van der Waals surface area (Å²) in [5, 5.41) is 9.21. The van der Waals surface area contributed by atoms with E-state index < -0.39 is 5.91 Å². The maximum Gasteiger partial charge on any atom is 0.307 e. The van der Waals surface area contributed by atoms with Crippen molar-refractivity contribution < 1.29 is 23.2 Å². The maximum absolute atomic E-state index is 12.5. The van der Waals surface area contributed by atoms with Gasteiger partial charge in [-0.25, -0.2) is 5.43 Å². The molecule has 0 saturated heterocycles. The van der Waals surface area contributed by atoms with Gasteiger partial charge in [0, 0.05) is 5.69 Å². The fourth-order valence-corrected chi connectivity index (χ4v) is 3.86. The van der Waals surface area contributed by atoms with Gasteiger partial charge in [-0.05, 0) is 72.6 Å². The Kier molecular flexibility index (Phi) is 7.04. The summed E-state index contributed by atoms with van der Waals surface area (Å²) in [5.41, 5.74) is 5.00. The van der Waals surface area contributed by atoms with Gasteiger partial charge >= 0.3 is 5.91 Å². The van der Waals surface area contributed by atoms with E-state index in [-0.39, 0.29) is 18.3 Å². The number of rotatable bonds is 8. The molecule has 5 aromatic rings. The van der Waals surface area contributed by atoms with Gasteiger partial charge in [-0.3, -0.25) is 9.59 Å². The zero-order chi connectivity index (χ0) is 26.5. The molecule has 0 aliphatic heterocycles. The number of anilines is 1. The molecule has 5 rings (SSSR count). The van der Waals surface area contributed by atoms with Gasteiger partial charge < -0.3 is 18.9 Å². The quantitative estimate of drug-likeness (QED) is 0.189. The molecule has 0 spiro atoms. The molecule has 2 aromatic heterocycles. The predicted octanol–water partition coefficient (Wildman–Crippen LogP) is 6.32. The Morgan fingerprint density at radius 1 is 0.895 bits per heavy atom. The topological polar surface area (TPSA) is 106 Å². The first-order chi connectivity index (χ1) is 18.5. The summed E-state index contributed by atoms with van der Waals surface area (Å²) >= 11 is 0. The molecule has 2 heterocycles. The fraction of sp³-hybridized carbons (Fsp3) is 0.100. The summed E-state index contributed by atoms with van der Waals surface area (Å²) in [4.78, 5) is 24.9. The summed E-state index contributed by atoms with van der Waals surface area (Å²) in [7, 11) is 0. The Labute approximate surface area is 218 Å². The summed E-state index contributed by atoms with van der Waals surface area (Å²) in [6, 6.07) is 25.9. The van der Waals surface area contributed by atoms with Crippen LogP contribution in [-0.4, -0.2) is 17.5 Å². The van der Waals surface area contributed by atoms with Crippen LogP contribution in [0, 0.1) is 6.92 Å². The van der Waals surface area contributed by atoms with E-state index in [2.05, 4.69) is 15.8 Å². The lowest BCUT2D eigenvalue weighted by molar-refractivity contribution is 0.0922. The zero-order valence-electron chi connectivity index (χ0n) is 20.9. The number of fused-ring (bicyclic) bond motifs is 1. The van der Waals surface area contributed by atoms with Crippen LogP contribution in [0.5, 0.6) is 5.75 Å². The molecule has 0 bridgehead atoms. The lowest BCUT2D eigenvalue weighted by atomic mass is 10.1. The first-order valence-corrected chi connectivity index (χ1v) is 12.0. The second-order valence-corrected chi connectivity index (χ2v) is 8.62. The molecule has 2 N–H and O–H groups in total. The number of hydrogen-bond donors (Lipinski definition) is 2. The molecule has 3 aromatic carbocycles. The highest BCUT2D eigenvalue weighted by Crippen LogP contribution is 2.22. The molecule has 38 heavy (non-hydrogen) atoms. The number of ether oxygens (including phenoxy) is 1. The third kappa shape index (κ3) is 5.65. The number of nitrogens with one attached hydrogen (secondary N) is 2. The summed E-state index contributed by atoms with van der Waals surface area (Å²) in [5.74, 6) is 1.20. The van der Waals surface area contributed by atoms with Crippen LogP contribution in [0.2, 0.25) is 0 Å². The van der Waals surface area contributed by atoms with Gasteiger partial charge in [-0.15, -0.1) is 0 Å². The third-order valence-electron chi connectivity index (χ3n) is 5.98. The fourth-order valence-electron chi connectivity index (χ4n) is 3.86. The number of carbonyl (C=O) groups is 2. The lowest BCUT2D eigenvalue weighted by Crippen LogP contribution is -2.18.